The summed E-state index contributed by atoms with van der Waals surface area (Å²) in [4.78, 5) is 0. The molecule has 4 aromatic carbocycles. The lowest BCUT2D eigenvalue weighted by Crippen LogP contribution is -2.22. The predicted molar refractivity (Wildman–Crippen MR) is 110 cm³/mol. The number of hydrogen-bond acceptors (Lipinski definition) is 1. The molecule has 0 aromatic heterocycles. The molecule has 25 heavy (non-hydrogen) atoms. The number of fused-ring (bicyclic) bond motifs is 2. The fourth-order valence-electron chi connectivity index (χ4n) is 3.51. The summed E-state index contributed by atoms with van der Waals surface area (Å²) in [6, 6.07) is 28.9. The second-order valence-electron chi connectivity index (χ2n) is 6.81. The lowest BCUT2D eigenvalue weighted by Gasteiger charge is -2.24. The highest BCUT2D eigenvalue weighted by atomic mass is 31.2. The normalized spacial score (nSPS) is 12.1. The molecule has 0 saturated carbocycles. The van der Waals surface area contributed by atoms with Gasteiger partial charge in [0.15, 0.2) is 0 Å². The molecule has 1 nitrogen and oxygen atoms in total. The van der Waals surface area contributed by atoms with Gasteiger partial charge in [-0.25, -0.2) is 0 Å². The summed E-state index contributed by atoms with van der Waals surface area (Å²) in [7, 11) is -2.70. The third kappa shape index (κ3) is 2.69. The topological polar surface area (TPSA) is 17.1 Å². The molecule has 0 radical (unpaired) electrons. The van der Waals surface area contributed by atoms with Crippen LogP contribution in [0.5, 0.6) is 0 Å². The van der Waals surface area contributed by atoms with E-state index in [0.717, 1.165) is 21.4 Å². The summed E-state index contributed by atoms with van der Waals surface area (Å²) in [6.45, 7) is 4.12. The maximum absolute atomic E-state index is 14.2. The number of hydrogen-bond donors (Lipinski definition) is 0. The Bertz CT molecular complexity index is 1030. The van der Waals surface area contributed by atoms with Crippen molar-refractivity contribution in [2.75, 3.05) is 0 Å². The maximum Gasteiger partial charge on any atom is 0.145 e. The van der Waals surface area contributed by atoms with Crippen LogP contribution in [0.1, 0.15) is 13.8 Å². The summed E-state index contributed by atoms with van der Waals surface area (Å²) in [5, 5.41) is 6.52. The van der Waals surface area contributed by atoms with Crippen LogP contribution in [0.15, 0.2) is 84.9 Å². The van der Waals surface area contributed by atoms with Crippen LogP contribution in [0.3, 0.4) is 0 Å². The Balaban J connectivity index is 1.94. The average molecular weight is 344 g/mol. The van der Waals surface area contributed by atoms with Crippen LogP contribution >= 0.6 is 7.14 Å². The molecule has 0 unspecified atom stereocenters. The zero-order chi connectivity index (χ0) is 17.4. The molecule has 124 valence electrons. The molecule has 0 aliphatic heterocycles. The van der Waals surface area contributed by atoms with Gasteiger partial charge >= 0.3 is 0 Å². The van der Waals surface area contributed by atoms with E-state index in [1.54, 1.807) is 0 Å². The molecule has 0 bridgehead atoms. The first-order chi connectivity index (χ1) is 12.1. The van der Waals surface area contributed by atoms with Gasteiger partial charge in [0.1, 0.15) is 7.14 Å². The van der Waals surface area contributed by atoms with Crippen molar-refractivity contribution >= 4 is 39.3 Å². The summed E-state index contributed by atoms with van der Waals surface area (Å²) in [6.07, 6.45) is 0. The van der Waals surface area contributed by atoms with Crippen molar-refractivity contribution < 1.29 is 4.57 Å². The van der Waals surface area contributed by atoms with Crippen LogP contribution in [0.2, 0.25) is 0 Å². The molecular weight excluding hydrogens is 323 g/mol. The lowest BCUT2D eigenvalue weighted by atomic mass is 10.1. The Kier molecular flexibility index (Phi) is 3.98. The van der Waals surface area contributed by atoms with Gasteiger partial charge in [-0.3, -0.25) is 0 Å². The Morgan fingerprint density at radius 3 is 1.40 bits per heavy atom. The van der Waals surface area contributed by atoms with Crippen molar-refractivity contribution in [2.24, 2.45) is 0 Å². The summed E-state index contributed by atoms with van der Waals surface area (Å²) < 4.78 is 14.2. The van der Waals surface area contributed by atoms with E-state index in [2.05, 4.69) is 62.4 Å². The van der Waals surface area contributed by atoms with E-state index < -0.39 is 7.14 Å². The zero-order valence-electron chi connectivity index (χ0n) is 14.5. The molecule has 0 atom stereocenters. The highest BCUT2D eigenvalue weighted by Gasteiger charge is 2.31. The largest absolute Gasteiger partial charge is 0.313 e. The van der Waals surface area contributed by atoms with Gasteiger partial charge < -0.3 is 4.57 Å². The van der Waals surface area contributed by atoms with E-state index in [4.69, 9.17) is 0 Å². The van der Waals surface area contributed by atoms with Gasteiger partial charge in [0.05, 0.1) is 0 Å². The van der Waals surface area contributed by atoms with Crippen LogP contribution in [0.4, 0.5) is 0 Å². The van der Waals surface area contributed by atoms with E-state index in [-0.39, 0.29) is 5.66 Å². The van der Waals surface area contributed by atoms with E-state index >= 15 is 0 Å². The SMILES string of the molecule is CC(C)P(=O)(c1ccc2ccccc2c1)c1ccc2ccccc2c1. The quantitative estimate of drug-likeness (QED) is 0.435. The van der Waals surface area contributed by atoms with Gasteiger partial charge in [-0.15, -0.1) is 0 Å². The van der Waals surface area contributed by atoms with Crippen LogP contribution in [0.25, 0.3) is 21.5 Å². The lowest BCUT2D eigenvalue weighted by molar-refractivity contribution is 0.581. The molecule has 0 amide bonds. The van der Waals surface area contributed by atoms with E-state index in [1.165, 1.54) is 10.8 Å². The van der Waals surface area contributed by atoms with Gasteiger partial charge in [0, 0.05) is 16.3 Å². The summed E-state index contributed by atoms with van der Waals surface area (Å²) in [5.41, 5.74) is 0.0508. The molecule has 0 heterocycles. The number of benzene rings is 4. The fraction of sp³-hybridized carbons (Fsp3) is 0.130. The van der Waals surface area contributed by atoms with Crippen molar-refractivity contribution in [1.82, 2.24) is 0 Å². The second-order valence-corrected chi connectivity index (χ2v) is 10.2. The Morgan fingerprint density at radius 2 is 1.00 bits per heavy atom. The average Bonchev–Trinajstić information content (AvgIpc) is 2.66. The molecule has 0 saturated heterocycles. The smallest absolute Gasteiger partial charge is 0.145 e. The third-order valence-electron chi connectivity index (χ3n) is 4.96. The van der Waals surface area contributed by atoms with Gasteiger partial charge in [-0.2, -0.15) is 0 Å². The Morgan fingerprint density at radius 1 is 0.600 bits per heavy atom. The van der Waals surface area contributed by atoms with Gasteiger partial charge in [0.2, 0.25) is 0 Å². The van der Waals surface area contributed by atoms with Crippen molar-refractivity contribution in [3.63, 3.8) is 0 Å². The summed E-state index contributed by atoms with van der Waals surface area (Å²) in [5.74, 6) is 0. The molecule has 4 aromatic rings. The minimum absolute atomic E-state index is 0.0508. The second kappa shape index (κ2) is 6.17. The molecule has 0 aliphatic rings. The van der Waals surface area contributed by atoms with E-state index in [9.17, 15) is 4.57 Å². The molecule has 0 spiro atoms. The van der Waals surface area contributed by atoms with Crippen LogP contribution < -0.4 is 10.6 Å². The number of rotatable bonds is 3. The summed E-state index contributed by atoms with van der Waals surface area (Å²) >= 11 is 0. The van der Waals surface area contributed by atoms with Gasteiger partial charge in [0.25, 0.3) is 0 Å². The van der Waals surface area contributed by atoms with E-state index in [0.29, 0.717) is 0 Å². The first kappa shape index (κ1) is 16.1. The molecule has 0 fully saturated rings. The van der Waals surface area contributed by atoms with Crippen molar-refractivity contribution in [3.05, 3.63) is 84.9 Å². The highest BCUT2D eigenvalue weighted by Crippen LogP contribution is 2.49. The maximum atomic E-state index is 14.2. The standard InChI is InChI=1S/C23H21OP/c1-17(2)25(24,22-13-11-18-7-3-5-9-20(18)15-22)23-14-12-19-8-4-6-10-21(19)16-23/h3-17H,1-2H3. The molecule has 4 rings (SSSR count). The molecule has 0 N–H and O–H groups in total. The van der Waals surface area contributed by atoms with Gasteiger partial charge in [-0.05, 0) is 33.7 Å². The van der Waals surface area contributed by atoms with Crippen molar-refractivity contribution in [3.8, 4) is 0 Å². The Hall–Kier alpha value is -2.37. The molecule has 0 aliphatic carbocycles. The third-order valence-corrected chi connectivity index (χ3v) is 8.51. The fourth-order valence-corrected chi connectivity index (χ4v) is 6.26. The van der Waals surface area contributed by atoms with E-state index in [1.807, 2.05) is 36.4 Å². The first-order valence-corrected chi connectivity index (χ1v) is 10.4. The van der Waals surface area contributed by atoms with Crippen molar-refractivity contribution in [2.45, 2.75) is 19.5 Å². The first-order valence-electron chi connectivity index (χ1n) is 8.67. The highest BCUT2D eigenvalue weighted by molar-refractivity contribution is 7.79. The van der Waals surface area contributed by atoms with Gasteiger partial charge in [-0.1, -0.05) is 86.6 Å². The van der Waals surface area contributed by atoms with Crippen LogP contribution in [-0.4, -0.2) is 5.66 Å². The van der Waals surface area contributed by atoms with Crippen LogP contribution in [0, 0.1) is 0 Å². The predicted octanol–water partition coefficient (Wildman–Crippen LogP) is 5.72. The minimum Gasteiger partial charge on any atom is -0.313 e. The Labute approximate surface area is 148 Å². The minimum atomic E-state index is -2.70. The van der Waals surface area contributed by atoms with Crippen molar-refractivity contribution in [1.29, 1.82) is 0 Å². The zero-order valence-corrected chi connectivity index (χ0v) is 15.4. The molecular formula is C23H21OP. The molecule has 2 heteroatoms. The monoisotopic (exact) mass is 344 g/mol. The van der Waals surface area contributed by atoms with Crippen LogP contribution in [-0.2, 0) is 4.57 Å².